The number of carbonyl (C=O) groups excluding carboxylic acids is 1. The summed E-state index contributed by atoms with van der Waals surface area (Å²) in [4.78, 5) is 20.9. The fourth-order valence-corrected chi connectivity index (χ4v) is 2.98. The zero-order valence-corrected chi connectivity index (χ0v) is 14.7. The Morgan fingerprint density at radius 3 is 2.72 bits per heavy atom. The minimum atomic E-state index is -0.184. The molecule has 0 aliphatic carbocycles. The molecule has 3 rings (SSSR count). The van der Waals surface area contributed by atoms with E-state index in [0.717, 1.165) is 17.0 Å². The van der Waals surface area contributed by atoms with Gasteiger partial charge in [-0.15, -0.1) is 11.3 Å². The SMILES string of the molecule is Cc1ccc(C[C@H](NC(=O)/C=C/c2cscn2)c2ccccn2)cc1. The van der Waals surface area contributed by atoms with E-state index in [2.05, 4.69) is 46.5 Å². The molecule has 0 radical (unpaired) electrons. The maximum Gasteiger partial charge on any atom is 0.244 e. The number of amides is 1. The van der Waals surface area contributed by atoms with Gasteiger partial charge in [0, 0.05) is 17.7 Å². The van der Waals surface area contributed by atoms with Crippen molar-refractivity contribution in [1.82, 2.24) is 15.3 Å². The van der Waals surface area contributed by atoms with E-state index in [1.165, 1.54) is 23.0 Å². The van der Waals surface area contributed by atoms with Crippen LogP contribution in [0, 0.1) is 6.92 Å². The largest absolute Gasteiger partial charge is 0.344 e. The summed E-state index contributed by atoms with van der Waals surface area (Å²) in [5.74, 6) is -0.157. The predicted octanol–water partition coefficient (Wildman–Crippen LogP) is 3.96. The second kappa shape index (κ2) is 8.35. The maximum absolute atomic E-state index is 12.3. The van der Waals surface area contributed by atoms with E-state index in [4.69, 9.17) is 0 Å². The summed E-state index contributed by atoms with van der Waals surface area (Å²) < 4.78 is 0. The molecule has 4 nitrogen and oxygen atoms in total. The molecular weight excluding hydrogens is 330 g/mol. The number of rotatable bonds is 6. The zero-order chi connectivity index (χ0) is 17.5. The van der Waals surface area contributed by atoms with Crippen molar-refractivity contribution in [3.63, 3.8) is 0 Å². The molecule has 0 fully saturated rings. The molecule has 2 aromatic heterocycles. The third-order valence-corrected chi connectivity index (χ3v) is 4.38. The summed E-state index contributed by atoms with van der Waals surface area (Å²) in [6.45, 7) is 2.06. The minimum absolute atomic E-state index is 0.157. The van der Waals surface area contributed by atoms with Crippen LogP contribution in [-0.2, 0) is 11.2 Å². The van der Waals surface area contributed by atoms with Crippen molar-refractivity contribution < 1.29 is 4.79 Å². The Balaban J connectivity index is 1.74. The Morgan fingerprint density at radius 1 is 1.20 bits per heavy atom. The highest BCUT2D eigenvalue weighted by atomic mass is 32.1. The molecule has 1 N–H and O–H groups in total. The topological polar surface area (TPSA) is 54.9 Å². The molecule has 25 heavy (non-hydrogen) atoms. The van der Waals surface area contributed by atoms with Gasteiger partial charge in [0.05, 0.1) is 22.9 Å². The van der Waals surface area contributed by atoms with Gasteiger partial charge in [-0.2, -0.15) is 0 Å². The van der Waals surface area contributed by atoms with Crippen LogP contribution in [0.4, 0.5) is 0 Å². The number of nitrogens with one attached hydrogen (secondary N) is 1. The van der Waals surface area contributed by atoms with Crippen LogP contribution in [-0.4, -0.2) is 15.9 Å². The van der Waals surface area contributed by atoms with E-state index in [0.29, 0.717) is 6.42 Å². The number of aromatic nitrogens is 2. The normalized spacial score (nSPS) is 12.2. The summed E-state index contributed by atoms with van der Waals surface area (Å²) in [7, 11) is 0. The van der Waals surface area contributed by atoms with Crippen molar-refractivity contribution in [2.24, 2.45) is 0 Å². The second-order valence-corrected chi connectivity index (χ2v) is 6.47. The lowest BCUT2D eigenvalue weighted by molar-refractivity contribution is -0.117. The molecule has 3 aromatic rings. The molecule has 0 aliphatic heterocycles. The van der Waals surface area contributed by atoms with Gasteiger partial charge in [0.2, 0.25) is 5.91 Å². The quantitative estimate of drug-likeness (QED) is 0.685. The number of nitrogens with zero attached hydrogens (tertiary/aromatic N) is 2. The second-order valence-electron chi connectivity index (χ2n) is 5.75. The summed E-state index contributed by atoms with van der Waals surface area (Å²) >= 11 is 1.50. The molecule has 126 valence electrons. The van der Waals surface area contributed by atoms with Gasteiger partial charge in [0.1, 0.15) is 0 Å². The Kier molecular flexibility index (Phi) is 5.69. The molecule has 1 atom stereocenters. The number of thiazole rings is 1. The Labute approximate surface area is 151 Å². The number of carbonyl (C=O) groups is 1. The van der Waals surface area contributed by atoms with E-state index >= 15 is 0 Å². The Morgan fingerprint density at radius 2 is 2.04 bits per heavy atom. The van der Waals surface area contributed by atoms with Crippen LogP contribution < -0.4 is 5.32 Å². The van der Waals surface area contributed by atoms with Crippen LogP contribution in [0.3, 0.4) is 0 Å². The van der Waals surface area contributed by atoms with Crippen LogP contribution in [0.2, 0.25) is 0 Å². The Hall–Kier alpha value is -2.79. The fraction of sp³-hybridized carbons (Fsp3) is 0.150. The van der Waals surface area contributed by atoms with Crippen LogP contribution in [0.1, 0.15) is 28.6 Å². The first-order valence-electron chi connectivity index (χ1n) is 8.04. The monoisotopic (exact) mass is 349 g/mol. The molecule has 5 heteroatoms. The van der Waals surface area contributed by atoms with Crippen molar-refractivity contribution in [2.75, 3.05) is 0 Å². The molecule has 0 spiro atoms. The number of hydrogen-bond donors (Lipinski definition) is 1. The predicted molar refractivity (Wildman–Crippen MR) is 101 cm³/mol. The lowest BCUT2D eigenvalue weighted by Gasteiger charge is -2.17. The molecule has 2 heterocycles. The van der Waals surface area contributed by atoms with Crippen molar-refractivity contribution in [1.29, 1.82) is 0 Å². The van der Waals surface area contributed by atoms with Crippen molar-refractivity contribution in [2.45, 2.75) is 19.4 Å². The van der Waals surface area contributed by atoms with E-state index in [1.807, 2.05) is 23.6 Å². The average molecular weight is 349 g/mol. The van der Waals surface area contributed by atoms with E-state index in [1.54, 1.807) is 17.8 Å². The summed E-state index contributed by atoms with van der Waals surface area (Å²) in [6, 6.07) is 13.9. The average Bonchev–Trinajstić information content (AvgIpc) is 3.16. The first-order chi connectivity index (χ1) is 12.2. The smallest absolute Gasteiger partial charge is 0.244 e. The minimum Gasteiger partial charge on any atom is -0.344 e. The molecule has 0 saturated carbocycles. The lowest BCUT2D eigenvalue weighted by Crippen LogP contribution is -2.29. The molecule has 0 aliphatic rings. The third-order valence-electron chi connectivity index (χ3n) is 3.78. The first-order valence-corrected chi connectivity index (χ1v) is 8.98. The molecule has 0 unspecified atom stereocenters. The van der Waals surface area contributed by atoms with E-state index in [-0.39, 0.29) is 11.9 Å². The molecule has 1 amide bonds. The standard InChI is InChI=1S/C20H19N3OS/c1-15-5-7-16(8-6-15)12-19(18-4-2-3-11-21-18)23-20(24)10-9-17-13-25-14-22-17/h2-11,13-14,19H,12H2,1H3,(H,23,24)/b10-9+/t19-/m0/s1. The van der Waals surface area contributed by atoms with E-state index < -0.39 is 0 Å². The van der Waals surface area contributed by atoms with Crippen molar-refractivity contribution in [3.05, 3.63) is 88.1 Å². The lowest BCUT2D eigenvalue weighted by atomic mass is 10.0. The van der Waals surface area contributed by atoms with E-state index in [9.17, 15) is 4.79 Å². The van der Waals surface area contributed by atoms with Gasteiger partial charge in [-0.05, 0) is 37.1 Å². The van der Waals surface area contributed by atoms with Crippen LogP contribution >= 0.6 is 11.3 Å². The van der Waals surface area contributed by atoms with Gasteiger partial charge >= 0.3 is 0 Å². The highest BCUT2D eigenvalue weighted by Gasteiger charge is 2.15. The van der Waals surface area contributed by atoms with Gasteiger partial charge in [0.15, 0.2) is 0 Å². The first kappa shape index (κ1) is 17.0. The van der Waals surface area contributed by atoms with Crippen LogP contribution in [0.25, 0.3) is 6.08 Å². The zero-order valence-electron chi connectivity index (χ0n) is 13.9. The van der Waals surface area contributed by atoms with Crippen LogP contribution in [0.5, 0.6) is 0 Å². The Bertz CT molecular complexity index is 827. The molecular formula is C20H19N3OS. The maximum atomic E-state index is 12.3. The van der Waals surface area contributed by atoms with Gasteiger partial charge in [0.25, 0.3) is 0 Å². The van der Waals surface area contributed by atoms with Crippen molar-refractivity contribution in [3.8, 4) is 0 Å². The molecule has 0 saturated heterocycles. The molecule has 0 bridgehead atoms. The summed E-state index contributed by atoms with van der Waals surface area (Å²) in [5.41, 5.74) is 5.75. The van der Waals surface area contributed by atoms with Gasteiger partial charge in [-0.3, -0.25) is 9.78 Å². The van der Waals surface area contributed by atoms with Crippen molar-refractivity contribution >= 4 is 23.3 Å². The third kappa shape index (κ3) is 5.09. The summed E-state index contributed by atoms with van der Waals surface area (Å²) in [5, 5.41) is 4.94. The highest BCUT2D eigenvalue weighted by molar-refractivity contribution is 7.07. The number of aryl methyl sites for hydroxylation is 1. The van der Waals surface area contributed by atoms with Gasteiger partial charge in [-0.1, -0.05) is 35.9 Å². The van der Waals surface area contributed by atoms with Crippen LogP contribution in [0.15, 0.2) is 65.6 Å². The number of hydrogen-bond acceptors (Lipinski definition) is 4. The number of pyridine rings is 1. The van der Waals surface area contributed by atoms with Gasteiger partial charge < -0.3 is 5.32 Å². The van der Waals surface area contributed by atoms with Gasteiger partial charge in [-0.25, -0.2) is 4.98 Å². The number of benzene rings is 1. The highest BCUT2D eigenvalue weighted by Crippen LogP contribution is 2.17. The molecule has 1 aromatic carbocycles. The fourth-order valence-electron chi connectivity index (χ4n) is 2.46. The summed E-state index contributed by atoms with van der Waals surface area (Å²) in [6.07, 6.45) is 5.66.